The summed E-state index contributed by atoms with van der Waals surface area (Å²) in [5, 5.41) is 19.7. The van der Waals surface area contributed by atoms with Gasteiger partial charge in [-0.15, -0.1) is 0 Å². The van der Waals surface area contributed by atoms with E-state index in [0.29, 0.717) is 11.3 Å². The van der Waals surface area contributed by atoms with E-state index in [0.717, 1.165) is 0 Å². The van der Waals surface area contributed by atoms with Crippen molar-refractivity contribution in [1.82, 2.24) is 0 Å². The van der Waals surface area contributed by atoms with Crippen molar-refractivity contribution >= 4 is 6.21 Å². The van der Waals surface area contributed by atoms with Crippen molar-refractivity contribution in [3.63, 3.8) is 0 Å². The van der Waals surface area contributed by atoms with E-state index >= 15 is 0 Å². The van der Waals surface area contributed by atoms with E-state index in [4.69, 9.17) is 10.5 Å². The molecule has 0 aliphatic carbocycles. The summed E-state index contributed by atoms with van der Waals surface area (Å²) >= 11 is 0. The van der Waals surface area contributed by atoms with Crippen LogP contribution >= 0.6 is 0 Å². The molecule has 1 aromatic heterocycles. The maximum Gasteiger partial charge on any atom is 0.228 e. The second kappa shape index (κ2) is 5.48. The molecule has 1 heterocycles. The van der Waals surface area contributed by atoms with Crippen LogP contribution in [0.15, 0.2) is 23.5 Å². The van der Waals surface area contributed by atoms with Crippen LogP contribution in [0.2, 0.25) is 0 Å². The van der Waals surface area contributed by atoms with Crippen molar-refractivity contribution in [2.45, 2.75) is 0 Å². The van der Waals surface area contributed by atoms with E-state index in [1.165, 1.54) is 6.21 Å². The molecule has 13 heavy (non-hydrogen) atoms. The Morgan fingerprint density at radius 1 is 1.69 bits per heavy atom. The third-order valence-corrected chi connectivity index (χ3v) is 1.51. The van der Waals surface area contributed by atoms with Gasteiger partial charge < -0.3 is 29.2 Å². The number of halogens is 1. The van der Waals surface area contributed by atoms with E-state index in [-0.39, 0.29) is 24.0 Å². The van der Waals surface area contributed by atoms with Gasteiger partial charge in [0.25, 0.3) is 0 Å². The summed E-state index contributed by atoms with van der Waals surface area (Å²) in [7, 11) is 1.80. The lowest BCUT2D eigenvalue weighted by Crippen LogP contribution is -3.00. The van der Waals surface area contributed by atoms with Gasteiger partial charge >= 0.3 is 0 Å². The second-order valence-electron chi connectivity index (χ2n) is 2.31. The summed E-state index contributed by atoms with van der Waals surface area (Å²) in [5.74, 6) is 0. The third kappa shape index (κ3) is 2.99. The van der Waals surface area contributed by atoms with Crippen molar-refractivity contribution in [3.8, 4) is 6.07 Å². The van der Waals surface area contributed by atoms with E-state index in [2.05, 4.69) is 5.16 Å². The molecule has 0 atom stereocenters. The van der Waals surface area contributed by atoms with Gasteiger partial charge in [0.05, 0.1) is 11.6 Å². The fourth-order valence-electron chi connectivity index (χ4n) is 0.844. The zero-order valence-electron chi connectivity index (χ0n) is 6.98. The van der Waals surface area contributed by atoms with Gasteiger partial charge in [-0.25, -0.2) is 4.57 Å². The molecule has 0 unspecified atom stereocenters. The minimum absolute atomic E-state index is 0. The quantitative estimate of drug-likeness (QED) is 0.199. The van der Waals surface area contributed by atoms with Gasteiger partial charge in [-0.05, 0) is 0 Å². The highest BCUT2D eigenvalue weighted by Gasteiger charge is 2.03. The molecule has 1 rings (SSSR count). The zero-order valence-corrected chi connectivity index (χ0v) is 9.13. The maximum absolute atomic E-state index is 8.55. The second-order valence-corrected chi connectivity index (χ2v) is 2.31. The van der Waals surface area contributed by atoms with Crippen LogP contribution in [-0.2, 0) is 7.05 Å². The minimum Gasteiger partial charge on any atom is -1.00 e. The van der Waals surface area contributed by atoms with Gasteiger partial charge in [0.2, 0.25) is 5.69 Å². The largest absolute Gasteiger partial charge is 1.00 e. The summed E-state index contributed by atoms with van der Waals surface area (Å²) in [5.41, 5.74) is 1.22. The molecule has 0 bridgehead atoms. The smallest absolute Gasteiger partial charge is 0.228 e. The van der Waals surface area contributed by atoms with Crippen molar-refractivity contribution in [1.29, 1.82) is 5.26 Å². The molecule has 5 heteroatoms. The topological polar surface area (TPSA) is 60.3 Å². The Morgan fingerprint density at radius 2 is 2.38 bits per heavy atom. The number of pyridine rings is 1. The highest BCUT2D eigenvalue weighted by Crippen LogP contribution is 1.95. The lowest BCUT2D eigenvalue weighted by molar-refractivity contribution is -0.672. The van der Waals surface area contributed by atoms with Crippen LogP contribution in [0, 0.1) is 11.3 Å². The highest BCUT2D eigenvalue weighted by atomic mass is 127. The van der Waals surface area contributed by atoms with Crippen LogP contribution in [0.5, 0.6) is 0 Å². The van der Waals surface area contributed by atoms with Crippen molar-refractivity contribution in [2.24, 2.45) is 12.2 Å². The number of nitriles is 1. The van der Waals surface area contributed by atoms with Crippen LogP contribution in [0.1, 0.15) is 11.3 Å². The predicted octanol–water partition coefficient (Wildman–Crippen LogP) is -2.81. The van der Waals surface area contributed by atoms with Crippen LogP contribution in [0.25, 0.3) is 0 Å². The number of aromatic nitrogens is 1. The molecule has 1 aromatic rings. The number of nitrogens with zero attached hydrogens (tertiary/aromatic N) is 3. The first-order chi connectivity index (χ1) is 5.77. The lowest BCUT2D eigenvalue weighted by atomic mass is 10.2. The standard InChI is InChI=1S/C8H7N3O.HI/c1-11-3-2-7(5-9)4-8(11)6-10-12;/h2-4,6H,1H3;1H. The Bertz CT molecular complexity index is 357. The first kappa shape index (κ1) is 11.8. The average Bonchev–Trinajstić information content (AvgIpc) is 2.09. The van der Waals surface area contributed by atoms with Crippen LogP contribution in [-0.4, -0.2) is 11.4 Å². The molecule has 0 saturated carbocycles. The maximum atomic E-state index is 8.55. The molecule has 0 aromatic carbocycles. The molecule has 0 aliphatic rings. The number of oxime groups is 1. The normalized spacial score (nSPS) is 9.23. The monoisotopic (exact) mass is 289 g/mol. The Hall–Kier alpha value is -1.16. The van der Waals surface area contributed by atoms with Crippen LogP contribution in [0.3, 0.4) is 0 Å². The minimum atomic E-state index is 0. The number of hydrogen-bond donors (Lipinski definition) is 1. The average molecular weight is 289 g/mol. The summed E-state index contributed by atoms with van der Waals surface area (Å²) in [6.45, 7) is 0. The Morgan fingerprint density at radius 3 is 2.92 bits per heavy atom. The van der Waals surface area contributed by atoms with Gasteiger partial charge in [0.15, 0.2) is 6.20 Å². The zero-order chi connectivity index (χ0) is 8.97. The van der Waals surface area contributed by atoms with E-state index < -0.39 is 0 Å². The SMILES string of the molecule is C[n+]1ccc(C#N)cc1C=NO.[I-]. The molecule has 68 valence electrons. The highest BCUT2D eigenvalue weighted by molar-refractivity contribution is 5.74. The molecule has 1 N–H and O–H groups in total. The summed E-state index contributed by atoms with van der Waals surface area (Å²) in [6.07, 6.45) is 3.01. The Kier molecular flexibility index (Phi) is 4.99. The van der Waals surface area contributed by atoms with Gasteiger partial charge in [0.1, 0.15) is 13.3 Å². The summed E-state index contributed by atoms with van der Waals surface area (Å²) in [4.78, 5) is 0. The van der Waals surface area contributed by atoms with Crippen LogP contribution < -0.4 is 28.5 Å². The lowest BCUT2D eigenvalue weighted by Gasteiger charge is -1.91. The first-order valence-corrected chi connectivity index (χ1v) is 3.35. The predicted molar refractivity (Wildman–Crippen MR) is 41.7 cm³/mol. The molecular weight excluding hydrogens is 281 g/mol. The molecule has 0 radical (unpaired) electrons. The summed E-state index contributed by atoms with van der Waals surface area (Å²) < 4.78 is 1.75. The molecule has 0 aliphatic heterocycles. The Labute approximate surface area is 93.1 Å². The molecule has 0 saturated heterocycles. The van der Waals surface area contributed by atoms with Gasteiger partial charge in [-0.2, -0.15) is 5.26 Å². The Balaban J connectivity index is 0.00000144. The fourth-order valence-corrected chi connectivity index (χ4v) is 0.844. The van der Waals surface area contributed by atoms with E-state index in [9.17, 15) is 0 Å². The van der Waals surface area contributed by atoms with E-state index in [1.54, 1.807) is 29.9 Å². The van der Waals surface area contributed by atoms with Gasteiger partial charge in [-0.3, -0.25) is 0 Å². The van der Waals surface area contributed by atoms with Gasteiger partial charge in [-0.1, -0.05) is 5.16 Å². The third-order valence-electron chi connectivity index (χ3n) is 1.51. The van der Waals surface area contributed by atoms with E-state index in [1.807, 2.05) is 6.07 Å². The fraction of sp³-hybridized carbons (Fsp3) is 0.125. The van der Waals surface area contributed by atoms with Crippen molar-refractivity contribution in [3.05, 3.63) is 29.6 Å². The van der Waals surface area contributed by atoms with Crippen LogP contribution in [0.4, 0.5) is 0 Å². The van der Waals surface area contributed by atoms with Crippen molar-refractivity contribution in [2.75, 3.05) is 0 Å². The molecule has 0 spiro atoms. The molecular formula is C8H8IN3O. The van der Waals surface area contributed by atoms with Crippen molar-refractivity contribution < 1.29 is 33.8 Å². The van der Waals surface area contributed by atoms with Gasteiger partial charge in [0, 0.05) is 12.1 Å². The summed E-state index contributed by atoms with van der Waals surface area (Å²) in [6, 6.07) is 5.32. The molecule has 0 amide bonds. The molecule has 0 fully saturated rings. The first-order valence-electron chi connectivity index (χ1n) is 3.35. The molecule has 4 nitrogen and oxygen atoms in total. The number of aryl methyl sites for hydroxylation is 1. The number of hydrogen-bond acceptors (Lipinski definition) is 3. The number of rotatable bonds is 1.